The Hall–Kier alpha value is -3.21. The molecular weight excluding hydrogens is 593 g/mol. The van der Waals surface area contributed by atoms with Crippen LogP contribution < -0.4 is 9.47 Å². The molecule has 0 saturated carbocycles. The number of benzene rings is 3. The lowest BCUT2D eigenvalue weighted by molar-refractivity contribution is 0.174. The second kappa shape index (κ2) is 19.1. The van der Waals surface area contributed by atoms with Gasteiger partial charge in [0.1, 0.15) is 23.0 Å². The third kappa shape index (κ3) is 12.3. The summed E-state index contributed by atoms with van der Waals surface area (Å²) in [6.07, 6.45) is 8.32. The zero-order valence-corrected chi connectivity index (χ0v) is 26.5. The molecule has 0 radical (unpaired) electrons. The van der Waals surface area contributed by atoms with E-state index in [1.807, 2.05) is 18.2 Å². The van der Waals surface area contributed by atoms with Gasteiger partial charge in [-0.25, -0.2) is 0 Å². The SMILES string of the molecule is CCCCCCCCS(=O)C(C)Cc1ccc2c(c1)OCO2.Oc1ccc(C=S)c(O)c1.Oc1ccc(C=S)c(O)c1. The molecule has 42 heavy (non-hydrogen) atoms. The number of phenolic OH excluding ortho intramolecular Hbond substituents is 4. The normalized spacial score (nSPS) is 12.6. The maximum atomic E-state index is 12.3. The van der Waals surface area contributed by atoms with E-state index in [4.69, 9.17) is 29.9 Å². The van der Waals surface area contributed by atoms with Crippen molar-refractivity contribution in [3.63, 3.8) is 0 Å². The average molecular weight is 633 g/mol. The third-order valence-corrected chi connectivity index (χ3v) is 8.65. The van der Waals surface area contributed by atoms with Crippen LogP contribution in [-0.2, 0) is 17.2 Å². The van der Waals surface area contributed by atoms with Crippen molar-refractivity contribution < 1.29 is 34.1 Å². The fourth-order valence-corrected chi connectivity index (χ4v) is 5.65. The first-order chi connectivity index (χ1) is 20.2. The van der Waals surface area contributed by atoms with E-state index >= 15 is 0 Å². The Kier molecular flexibility index (Phi) is 15.9. The summed E-state index contributed by atoms with van der Waals surface area (Å²) in [7, 11) is -0.743. The van der Waals surface area contributed by atoms with Gasteiger partial charge in [0.25, 0.3) is 0 Å². The number of thiocarbonyl (C=S) groups is 2. The smallest absolute Gasteiger partial charge is 0.231 e. The van der Waals surface area contributed by atoms with Crippen LogP contribution in [0.15, 0.2) is 54.6 Å². The van der Waals surface area contributed by atoms with E-state index in [1.54, 1.807) is 12.1 Å². The molecule has 7 nitrogen and oxygen atoms in total. The summed E-state index contributed by atoms with van der Waals surface area (Å²) in [5.74, 6) is 2.55. The van der Waals surface area contributed by atoms with E-state index in [0.717, 1.165) is 30.1 Å². The highest BCUT2D eigenvalue weighted by Crippen LogP contribution is 2.33. The van der Waals surface area contributed by atoms with Gasteiger partial charge in [-0.2, -0.15) is 0 Å². The number of hydrogen-bond donors (Lipinski definition) is 4. The number of unbranched alkanes of at least 4 members (excludes halogenated alkanes) is 5. The largest absolute Gasteiger partial charge is 0.508 e. The van der Waals surface area contributed by atoms with Crippen LogP contribution in [0.5, 0.6) is 34.5 Å². The lowest BCUT2D eigenvalue weighted by Gasteiger charge is -2.12. The van der Waals surface area contributed by atoms with E-state index in [1.165, 1.54) is 72.7 Å². The van der Waals surface area contributed by atoms with Crippen molar-refractivity contribution in [3.8, 4) is 34.5 Å². The van der Waals surface area contributed by atoms with Gasteiger partial charge in [-0.15, -0.1) is 0 Å². The summed E-state index contributed by atoms with van der Waals surface area (Å²) in [5.41, 5.74) is 2.27. The molecular formula is C32H40O7S3. The van der Waals surface area contributed by atoms with E-state index < -0.39 is 10.8 Å². The minimum Gasteiger partial charge on any atom is -0.508 e. The second-order valence-corrected chi connectivity index (χ2v) is 12.2. The Balaban J connectivity index is 0.000000254. The maximum absolute atomic E-state index is 12.3. The minimum atomic E-state index is -0.743. The van der Waals surface area contributed by atoms with Crippen molar-refractivity contribution in [2.24, 2.45) is 0 Å². The molecule has 0 aliphatic carbocycles. The predicted molar refractivity (Wildman–Crippen MR) is 177 cm³/mol. The van der Waals surface area contributed by atoms with E-state index in [0.29, 0.717) is 17.9 Å². The fourth-order valence-electron chi connectivity index (χ4n) is 3.98. The van der Waals surface area contributed by atoms with Gasteiger partial charge < -0.3 is 29.9 Å². The van der Waals surface area contributed by atoms with Crippen LogP contribution in [0.3, 0.4) is 0 Å². The standard InChI is InChI=1S/C18H28O3S.2C7H6O2S/c1-3-4-5-6-7-8-11-22(19)15(2)12-16-9-10-17-18(13-16)21-14-20-17;2*8-6-2-1-5(4-10)7(9)3-6/h9-10,13,15H,3-8,11-12,14H2,1-2H3;2*1-4,8-9H. The molecule has 4 N–H and O–H groups in total. The fraction of sp³-hybridized carbons (Fsp3) is 0.375. The maximum Gasteiger partial charge on any atom is 0.231 e. The number of ether oxygens (including phenoxy) is 2. The Morgan fingerprint density at radius 3 is 1.88 bits per heavy atom. The lowest BCUT2D eigenvalue weighted by Crippen LogP contribution is -2.16. The molecule has 2 atom stereocenters. The molecule has 0 spiro atoms. The van der Waals surface area contributed by atoms with Crippen LogP contribution in [-0.4, -0.2) is 53.2 Å². The molecule has 0 amide bonds. The van der Waals surface area contributed by atoms with E-state index in [9.17, 15) is 4.21 Å². The van der Waals surface area contributed by atoms with E-state index in [-0.39, 0.29) is 28.2 Å². The van der Waals surface area contributed by atoms with Crippen molar-refractivity contribution in [2.45, 2.75) is 64.0 Å². The highest BCUT2D eigenvalue weighted by molar-refractivity contribution is 7.85. The summed E-state index contributed by atoms with van der Waals surface area (Å²) < 4.78 is 23.0. The molecule has 1 aliphatic heterocycles. The first kappa shape index (κ1) is 35.0. The average Bonchev–Trinajstić information content (AvgIpc) is 3.44. The van der Waals surface area contributed by atoms with Crippen molar-refractivity contribution >= 4 is 46.0 Å². The lowest BCUT2D eigenvalue weighted by atomic mass is 10.1. The first-order valence-corrected chi connectivity index (χ1v) is 16.2. The molecule has 0 bridgehead atoms. The number of phenols is 4. The molecule has 228 valence electrons. The Labute approximate surface area is 261 Å². The second-order valence-electron chi connectivity index (χ2n) is 9.78. The van der Waals surface area contributed by atoms with Gasteiger partial charge in [-0.3, -0.25) is 4.21 Å². The van der Waals surface area contributed by atoms with Crippen molar-refractivity contribution in [3.05, 3.63) is 71.3 Å². The van der Waals surface area contributed by atoms with Crippen LogP contribution >= 0.6 is 24.4 Å². The summed E-state index contributed by atoms with van der Waals surface area (Å²) in [5, 5.41) is 38.6. The highest BCUT2D eigenvalue weighted by Gasteiger charge is 2.16. The van der Waals surface area contributed by atoms with Gasteiger partial charge >= 0.3 is 0 Å². The number of fused-ring (bicyclic) bond motifs is 1. The molecule has 10 heteroatoms. The number of rotatable bonds is 12. The highest BCUT2D eigenvalue weighted by atomic mass is 32.2. The van der Waals surface area contributed by atoms with Crippen molar-refractivity contribution in [2.75, 3.05) is 12.5 Å². The summed E-state index contributed by atoms with van der Waals surface area (Å²) in [6.45, 7) is 4.61. The van der Waals surface area contributed by atoms with Gasteiger partial charge in [-0.1, -0.05) is 76.5 Å². The number of hydrogen-bond acceptors (Lipinski definition) is 9. The molecule has 0 aromatic heterocycles. The zero-order valence-electron chi connectivity index (χ0n) is 24.0. The summed E-state index contributed by atoms with van der Waals surface area (Å²) >= 11 is 9.17. The minimum absolute atomic E-state index is 0.00926. The molecule has 4 rings (SSSR count). The predicted octanol–water partition coefficient (Wildman–Crippen LogP) is 7.35. The van der Waals surface area contributed by atoms with Crippen LogP contribution in [0.1, 0.15) is 69.1 Å². The van der Waals surface area contributed by atoms with Crippen LogP contribution in [0.25, 0.3) is 0 Å². The number of aromatic hydroxyl groups is 4. The monoisotopic (exact) mass is 632 g/mol. The molecule has 1 heterocycles. The van der Waals surface area contributed by atoms with Crippen LogP contribution in [0, 0.1) is 0 Å². The van der Waals surface area contributed by atoms with Gasteiger partial charge in [0.15, 0.2) is 11.5 Å². The Bertz CT molecular complexity index is 1260. The topological polar surface area (TPSA) is 116 Å². The van der Waals surface area contributed by atoms with Gasteiger partial charge in [0.05, 0.1) is 0 Å². The van der Waals surface area contributed by atoms with Crippen molar-refractivity contribution in [1.82, 2.24) is 0 Å². The molecule has 3 aromatic carbocycles. The van der Waals surface area contributed by atoms with Gasteiger partial charge in [-0.05, 0) is 54.8 Å². The Morgan fingerprint density at radius 2 is 1.33 bits per heavy atom. The van der Waals surface area contributed by atoms with Crippen molar-refractivity contribution in [1.29, 1.82) is 0 Å². The quantitative estimate of drug-likeness (QED) is 0.120. The first-order valence-electron chi connectivity index (χ1n) is 13.9. The Morgan fingerprint density at radius 1 is 0.786 bits per heavy atom. The molecule has 0 saturated heterocycles. The molecule has 2 unspecified atom stereocenters. The summed E-state index contributed by atoms with van der Waals surface area (Å²) in [4.78, 5) is 0. The zero-order chi connectivity index (χ0) is 30.9. The van der Waals surface area contributed by atoms with Crippen LogP contribution in [0.2, 0.25) is 0 Å². The molecule has 3 aromatic rings. The van der Waals surface area contributed by atoms with E-state index in [2.05, 4.69) is 38.3 Å². The third-order valence-electron chi connectivity index (χ3n) is 6.39. The summed E-state index contributed by atoms with van der Waals surface area (Å²) in [6, 6.07) is 14.6. The van der Waals surface area contributed by atoms with Crippen LogP contribution in [0.4, 0.5) is 0 Å². The molecule has 0 fully saturated rings. The molecule has 1 aliphatic rings. The van der Waals surface area contributed by atoms with Gasteiger partial charge in [0, 0.05) is 55.8 Å². The van der Waals surface area contributed by atoms with Gasteiger partial charge in [0.2, 0.25) is 6.79 Å².